The zero-order valence-electron chi connectivity index (χ0n) is 21.1. The summed E-state index contributed by atoms with van der Waals surface area (Å²) in [5.41, 5.74) is 2.90. The number of ether oxygens (including phenoxy) is 5. The Morgan fingerprint density at radius 3 is 2.35 bits per heavy atom. The molecule has 0 atom stereocenters. The Bertz CT molecular complexity index is 1570. The Hall–Kier alpha value is -4.72. The maximum Gasteiger partial charge on any atom is 0.351 e. The van der Waals surface area contributed by atoms with E-state index >= 15 is 0 Å². The van der Waals surface area contributed by atoms with Crippen LogP contribution < -0.4 is 23.7 Å². The maximum absolute atomic E-state index is 13.2. The van der Waals surface area contributed by atoms with Crippen LogP contribution >= 0.6 is 0 Å². The maximum atomic E-state index is 13.2. The van der Waals surface area contributed by atoms with Crippen LogP contribution in [0.5, 0.6) is 28.7 Å². The zero-order valence-corrected chi connectivity index (χ0v) is 21.1. The van der Waals surface area contributed by atoms with Gasteiger partial charge in [-0.2, -0.15) is 0 Å². The van der Waals surface area contributed by atoms with Crippen LogP contribution in [0.15, 0.2) is 60.5 Å². The summed E-state index contributed by atoms with van der Waals surface area (Å²) < 4.78 is 29.7. The second-order valence-corrected chi connectivity index (χ2v) is 8.51. The number of benzene rings is 3. The molecule has 4 aromatic rings. The average molecular weight is 500 g/mol. The molecule has 3 aromatic carbocycles. The number of carbonyl (C=O) groups excluding carboxylic acids is 2. The first-order valence-electron chi connectivity index (χ1n) is 11.5. The number of fused-ring (bicyclic) bond motifs is 2. The van der Waals surface area contributed by atoms with Crippen molar-refractivity contribution in [1.82, 2.24) is 4.57 Å². The molecule has 0 spiro atoms. The van der Waals surface area contributed by atoms with Crippen LogP contribution in [0.2, 0.25) is 0 Å². The third-order valence-electron chi connectivity index (χ3n) is 6.39. The Labute approximate surface area is 213 Å². The van der Waals surface area contributed by atoms with Crippen molar-refractivity contribution in [3.8, 4) is 28.7 Å². The van der Waals surface area contributed by atoms with Crippen LogP contribution in [0, 0.1) is 6.92 Å². The summed E-state index contributed by atoms with van der Waals surface area (Å²) in [4.78, 5) is 26.2. The van der Waals surface area contributed by atoms with Gasteiger partial charge in [-0.15, -0.1) is 0 Å². The third kappa shape index (κ3) is 4.06. The van der Waals surface area contributed by atoms with E-state index in [4.69, 9.17) is 23.7 Å². The van der Waals surface area contributed by atoms with Gasteiger partial charge in [0.25, 0.3) is 0 Å². The topological polar surface area (TPSA) is 85.2 Å². The van der Waals surface area contributed by atoms with Crippen molar-refractivity contribution in [3.63, 3.8) is 0 Å². The summed E-state index contributed by atoms with van der Waals surface area (Å²) in [6, 6.07) is 14.0. The number of aromatic nitrogens is 1. The van der Waals surface area contributed by atoms with Gasteiger partial charge in [0.05, 0.1) is 26.9 Å². The lowest BCUT2D eigenvalue weighted by Crippen LogP contribution is -2.12. The lowest BCUT2D eigenvalue weighted by Gasteiger charge is -2.14. The van der Waals surface area contributed by atoms with E-state index in [1.165, 1.54) is 14.2 Å². The molecule has 0 radical (unpaired) electrons. The summed E-state index contributed by atoms with van der Waals surface area (Å²) in [5, 5.41) is 0.929. The van der Waals surface area contributed by atoms with E-state index in [9.17, 15) is 9.59 Å². The van der Waals surface area contributed by atoms with Gasteiger partial charge in [-0.3, -0.25) is 4.79 Å². The number of hydrogen-bond acceptors (Lipinski definition) is 7. The van der Waals surface area contributed by atoms with E-state index in [1.807, 2.05) is 36.0 Å². The number of nitrogens with zero attached hydrogens (tertiary/aromatic N) is 1. The fourth-order valence-corrected chi connectivity index (χ4v) is 4.47. The van der Waals surface area contributed by atoms with Crippen molar-refractivity contribution in [2.45, 2.75) is 6.92 Å². The fraction of sp³-hybridized carbons (Fsp3) is 0.172. The lowest BCUT2D eigenvalue weighted by atomic mass is 10.1. The largest absolute Gasteiger partial charge is 0.497 e. The predicted octanol–water partition coefficient (Wildman–Crippen LogP) is 5.35. The summed E-state index contributed by atoms with van der Waals surface area (Å²) in [6.45, 7) is 1.74. The zero-order chi connectivity index (χ0) is 26.3. The lowest BCUT2D eigenvalue weighted by molar-refractivity contribution is 0.0726. The average Bonchev–Trinajstić information content (AvgIpc) is 3.40. The van der Waals surface area contributed by atoms with Gasteiger partial charge in [0.2, 0.25) is 5.78 Å². The number of carbonyl (C=O) groups is 2. The summed E-state index contributed by atoms with van der Waals surface area (Å²) >= 11 is 0. The molecule has 0 aliphatic carbocycles. The molecule has 0 fully saturated rings. The van der Waals surface area contributed by atoms with Gasteiger partial charge in [0, 0.05) is 35.3 Å². The van der Waals surface area contributed by atoms with E-state index in [2.05, 4.69) is 0 Å². The van der Waals surface area contributed by atoms with Gasteiger partial charge in [-0.25, -0.2) is 4.79 Å². The molecule has 1 aromatic heterocycles. The molecule has 1 aliphatic heterocycles. The molecule has 0 N–H and O–H groups in total. The molecule has 5 rings (SSSR count). The monoisotopic (exact) mass is 499 g/mol. The van der Waals surface area contributed by atoms with Gasteiger partial charge in [-0.05, 0) is 55.5 Å². The summed E-state index contributed by atoms with van der Waals surface area (Å²) in [6.07, 6.45) is 3.65. The van der Waals surface area contributed by atoms with Gasteiger partial charge in [0.1, 0.15) is 34.3 Å². The quantitative estimate of drug-likeness (QED) is 0.201. The molecule has 0 amide bonds. The van der Waals surface area contributed by atoms with Crippen LogP contribution in [0.4, 0.5) is 0 Å². The first kappa shape index (κ1) is 24.0. The number of methoxy groups -OCH3 is 3. The van der Waals surface area contributed by atoms with E-state index in [1.54, 1.807) is 50.4 Å². The molecule has 1 aliphatic rings. The molecule has 0 unspecified atom stereocenters. The second kappa shape index (κ2) is 9.39. The number of hydrogen-bond donors (Lipinski definition) is 0. The highest BCUT2D eigenvalue weighted by Gasteiger charge is 2.31. The van der Waals surface area contributed by atoms with Crippen molar-refractivity contribution in [1.29, 1.82) is 0 Å². The van der Waals surface area contributed by atoms with Gasteiger partial charge >= 0.3 is 5.97 Å². The van der Waals surface area contributed by atoms with Crippen molar-refractivity contribution < 1.29 is 33.3 Å². The minimum atomic E-state index is -0.651. The highest BCUT2D eigenvalue weighted by Crippen LogP contribution is 2.40. The molecule has 8 heteroatoms. The van der Waals surface area contributed by atoms with Crippen LogP contribution in [0.25, 0.3) is 17.0 Å². The van der Waals surface area contributed by atoms with E-state index in [-0.39, 0.29) is 22.9 Å². The minimum absolute atomic E-state index is 0.163. The smallest absolute Gasteiger partial charge is 0.351 e. The standard InChI is InChI=1S/C29H25NO7/c1-16-22(37-29(32)26-23(34-4)7-6-8-24(26)35-5)12-10-19-27(31)25(36-28(16)19)13-17-15-30(2)21-11-9-18(33-3)14-20(17)21/h6-15H,1-5H3/b25-13-. The Morgan fingerprint density at radius 1 is 0.946 bits per heavy atom. The Morgan fingerprint density at radius 2 is 1.68 bits per heavy atom. The molecule has 0 saturated carbocycles. The molecule has 0 saturated heterocycles. The number of rotatable bonds is 6. The number of aryl methyl sites for hydroxylation is 1. The Kier molecular flexibility index (Phi) is 6.09. The molecule has 188 valence electrons. The predicted molar refractivity (Wildman–Crippen MR) is 138 cm³/mol. The van der Waals surface area contributed by atoms with Crippen molar-refractivity contribution in [2.75, 3.05) is 21.3 Å². The number of esters is 1. The third-order valence-corrected chi connectivity index (χ3v) is 6.39. The van der Waals surface area contributed by atoms with E-state index in [0.717, 1.165) is 16.5 Å². The number of ketones is 1. The molecular weight excluding hydrogens is 474 g/mol. The second-order valence-electron chi connectivity index (χ2n) is 8.51. The van der Waals surface area contributed by atoms with Crippen LogP contribution in [0.1, 0.15) is 31.8 Å². The van der Waals surface area contributed by atoms with Crippen LogP contribution in [-0.4, -0.2) is 37.6 Å². The molecule has 37 heavy (non-hydrogen) atoms. The highest BCUT2D eigenvalue weighted by molar-refractivity contribution is 6.15. The van der Waals surface area contributed by atoms with Crippen molar-refractivity contribution in [2.24, 2.45) is 7.05 Å². The van der Waals surface area contributed by atoms with E-state index < -0.39 is 5.97 Å². The van der Waals surface area contributed by atoms with Gasteiger partial charge < -0.3 is 28.3 Å². The number of allylic oxidation sites excluding steroid dienone is 1. The number of Topliss-reactive ketones (excluding diaryl/α,β-unsaturated/α-hetero) is 1. The summed E-state index contributed by atoms with van der Waals surface area (Å²) in [7, 11) is 6.47. The molecule has 0 bridgehead atoms. The van der Waals surface area contributed by atoms with Crippen molar-refractivity contribution >= 4 is 28.7 Å². The van der Waals surface area contributed by atoms with Gasteiger partial charge in [0.15, 0.2) is 5.76 Å². The van der Waals surface area contributed by atoms with Crippen molar-refractivity contribution in [3.05, 3.63) is 82.7 Å². The fourth-order valence-electron chi connectivity index (χ4n) is 4.47. The highest BCUT2D eigenvalue weighted by atomic mass is 16.5. The molecular formula is C29H25NO7. The first-order valence-corrected chi connectivity index (χ1v) is 11.5. The molecule has 2 heterocycles. The van der Waals surface area contributed by atoms with E-state index in [0.29, 0.717) is 34.1 Å². The van der Waals surface area contributed by atoms with Gasteiger partial charge in [-0.1, -0.05) is 6.07 Å². The SMILES string of the molecule is COc1ccc2c(c1)c(/C=C1\Oc3c(ccc(OC(=O)c4c(OC)cccc4OC)c3C)C1=O)cn2C. The minimum Gasteiger partial charge on any atom is -0.497 e. The Balaban J connectivity index is 1.48. The summed E-state index contributed by atoms with van der Waals surface area (Å²) in [5.74, 6) is 1.27. The molecule has 8 nitrogen and oxygen atoms in total. The van der Waals surface area contributed by atoms with Crippen LogP contribution in [0.3, 0.4) is 0 Å². The first-order chi connectivity index (χ1) is 17.9. The normalized spacial score (nSPS) is 13.4. The van der Waals surface area contributed by atoms with Crippen LogP contribution in [-0.2, 0) is 7.05 Å².